The average molecular weight is 515 g/mol. The first kappa shape index (κ1) is 22.0. The van der Waals surface area contributed by atoms with Crippen LogP contribution in [0, 0.1) is 5.82 Å². The van der Waals surface area contributed by atoms with Gasteiger partial charge in [0.05, 0.1) is 17.3 Å². The van der Waals surface area contributed by atoms with E-state index in [0.717, 1.165) is 6.54 Å². The Morgan fingerprint density at radius 3 is 2.83 bits per heavy atom. The topological polar surface area (TPSA) is 59.5 Å². The molecule has 2 aromatic rings. The lowest BCUT2D eigenvalue weighted by Crippen LogP contribution is -2.67. The van der Waals surface area contributed by atoms with Crippen molar-refractivity contribution in [2.45, 2.75) is 28.9 Å². The standard InChI is InChI=1S/C21H22BrClFN3O2S/c1-2-26-12-21(13-26,19-17(24)9-14(22)10-25-19)20(28)27-8-7-15(11-27)30(29)18-6-4-3-5-16(18)23/h3-6,9-10,15H,2,7-8,11-13H2,1H3. The van der Waals surface area contributed by atoms with Crippen molar-refractivity contribution < 1.29 is 13.7 Å². The third-order valence-corrected chi connectivity index (χ3v) is 8.55. The van der Waals surface area contributed by atoms with E-state index in [4.69, 9.17) is 11.6 Å². The maximum Gasteiger partial charge on any atom is 0.237 e. The van der Waals surface area contributed by atoms with Crippen LogP contribution in [0.2, 0.25) is 5.02 Å². The number of benzene rings is 1. The minimum atomic E-state index is -1.31. The maximum absolute atomic E-state index is 14.8. The molecular formula is C21H22BrClFN3O2S. The summed E-state index contributed by atoms with van der Waals surface area (Å²) < 4.78 is 28.3. The summed E-state index contributed by atoms with van der Waals surface area (Å²) in [6, 6.07) is 8.44. The predicted octanol–water partition coefficient (Wildman–Crippen LogP) is 3.62. The summed E-state index contributed by atoms with van der Waals surface area (Å²) >= 11 is 8.13. The number of nitrogens with zero attached hydrogens (tertiary/aromatic N) is 3. The first-order valence-corrected chi connectivity index (χ1v) is 12.2. The van der Waals surface area contributed by atoms with Gasteiger partial charge in [0.2, 0.25) is 5.91 Å². The molecule has 1 aromatic heterocycles. The summed E-state index contributed by atoms with van der Waals surface area (Å²) in [6.07, 6.45) is 2.15. The van der Waals surface area contributed by atoms with E-state index >= 15 is 0 Å². The molecule has 2 saturated heterocycles. The molecule has 5 nitrogen and oxygen atoms in total. The molecule has 0 spiro atoms. The van der Waals surface area contributed by atoms with Crippen molar-refractivity contribution in [3.8, 4) is 0 Å². The molecule has 0 radical (unpaired) electrons. The molecule has 2 fully saturated rings. The second-order valence-electron chi connectivity index (χ2n) is 7.76. The normalized spacial score (nSPS) is 22.0. The monoisotopic (exact) mass is 513 g/mol. The fraction of sp³-hybridized carbons (Fsp3) is 0.429. The molecule has 30 heavy (non-hydrogen) atoms. The molecule has 4 rings (SSSR count). The first-order chi connectivity index (χ1) is 14.4. The fourth-order valence-corrected chi connectivity index (χ4v) is 6.41. The lowest BCUT2D eigenvalue weighted by molar-refractivity contribution is -0.143. The minimum absolute atomic E-state index is 0.139. The second kappa shape index (κ2) is 8.74. The van der Waals surface area contributed by atoms with Crippen LogP contribution in [0.15, 0.2) is 45.9 Å². The summed E-state index contributed by atoms with van der Waals surface area (Å²) in [4.78, 5) is 22.3. The van der Waals surface area contributed by atoms with Crippen molar-refractivity contribution in [2.75, 3.05) is 32.7 Å². The van der Waals surface area contributed by atoms with Gasteiger partial charge in [-0.3, -0.25) is 9.78 Å². The van der Waals surface area contributed by atoms with E-state index in [-0.39, 0.29) is 16.9 Å². The van der Waals surface area contributed by atoms with Crippen LogP contribution in [0.25, 0.3) is 0 Å². The van der Waals surface area contributed by atoms with Crippen LogP contribution < -0.4 is 0 Å². The van der Waals surface area contributed by atoms with Gasteiger partial charge in [-0.2, -0.15) is 0 Å². The molecule has 3 heterocycles. The van der Waals surface area contributed by atoms with E-state index < -0.39 is 22.4 Å². The quantitative estimate of drug-likeness (QED) is 0.572. The number of hydrogen-bond acceptors (Lipinski definition) is 4. The molecule has 2 atom stereocenters. The number of carbonyl (C=O) groups is 1. The molecule has 0 aliphatic carbocycles. The van der Waals surface area contributed by atoms with Crippen molar-refractivity contribution >= 4 is 44.6 Å². The summed E-state index contributed by atoms with van der Waals surface area (Å²) in [5.74, 6) is -0.622. The summed E-state index contributed by atoms with van der Waals surface area (Å²) in [5.41, 5.74) is -0.808. The van der Waals surface area contributed by atoms with E-state index in [0.29, 0.717) is 47.0 Å². The lowest BCUT2D eigenvalue weighted by atomic mass is 9.74. The Balaban J connectivity index is 1.56. The molecule has 2 unspecified atom stereocenters. The molecule has 1 aromatic carbocycles. The number of carbonyl (C=O) groups excluding carboxylic acids is 1. The van der Waals surface area contributed by atoms with Gasteiger partial charge in [0.1, 0.15) is 16.5 Å². The Labute approximate surface area is 191 Å². The largest absolute Gasteiger partial charge is 0.611 e. The lowest BCUT2D eigenvalue weighted by Gasteiger charge is -2.49. The van der Waals surface area contributed by atoms with Crippen molar-refractivity contribution in [3.63, 3.8) is 0 Å². The van der Waals surface area contributed by atoms with Crippen molar-refractivity contribution in [2.24, 2.45) is 0 Å². The average Bonchev–Trinajstić information content (AvgIpc) is 3.18. The molecule has 9 heteroatoms. The summed E-state index contributed by atoms with van der Waals surface area (Å²) in [5, 5.41) is 0.270. The fourth-order valence-electron chi connectivity index (χ4n) is 4.27. The molecule has 1 amide bonds. The van der Waals surface area contributed by atoms with Crippen LogP contribution in [0.5, 0.6) is 0 Å². The Kier molecular flexibility index (Phi) is 6.42. The van der Waals surface area contributed by atoms with E-state index in [9.17, 15) is 13.7 Å². The van der Waals surface area contributed by atoms with E-state index in [1.807, 2.05) is 13.0 Å². The van der Waals surface area contributed by atoms with Gasteiger partial charge in [0.25, 0.3) is 0 Å². The van der Waals surface area contributed by atoms with Crippen LogP contribution in [0.3, 0.4) is 0 Å². The van der Waals surface area contributed by atoms with Crippen LogP contribution in [0.4, 0.5) is 4.39 Å². The minimum Gasteiger partial charge on any atom is -0.611 e. The number of likely N-dealkylation sites (N-methyl/N-ethyl adjacent to an activating group) is 1. The number of aromatic nitrogens is 1. The molecule has 0 N–H and O–H groups in total. The van der Waals surface area contributed by atoms with Gasteiger partial charge in [0.15, 0.2) is 4.90 Å². The Bertz CT molecular complexity index is 960. The second-order valence-corrected chi connectivity index (χ2v) is 10.8. The molecule has 2 aliphatic rings. The maximum atomic E-state index is 14.8. The highest BCUT2D eigenvalue weighted by molar-refractivity contribution is 9.10. The SMILES string of the molecule is CCN1CC(C(=O)N2CCC([S+]([O-])c3ccccc3Cl)C2)(c2ncc(Br)cc2F)C1. The third-order valence-electron chi connectivity index (χ3n) is 5.89. The number of hydrogen-bond donors (Lipinski definition) is 0. The smallest absolute Gasteiger partial charge is 0.237 e. The van der Waals surface area contributed by atoms with Crippen molar-refractivity contribution in [3.05, 3.63) is 57.5 Å². The molecule has 0 saturated carbocycles. The summed E-state index contributed by atoms with van der Waals surface area (Å²) in [6.45, 7) is 4.52. The molecule has 2 aliphatic heterocycles. The molecule has 160 valence electrons. The highest BCUT2D eigenvalue weighted by Crippen LogP contribution is 2.39. The van der Waals surface area contributed by atoms with Crippen molar-refractivity contribution in [1.29, 1.82) is 0 Å². The van der Waals surface area contributed by atoms with Crippen molar-refractivity contribution in [1.82, 2.24) is 14.8 Å². The number of amides is 1. The van der Waals surface area contributed by atoms with Crippen LogP contribution in [-0.2, 0) is 21.4 Å². The van der Waals surface area contributed by atoms with Gasteiger partial charge in [-0.1, -0.05) is 30.7 Å². The van der Waals surface area contributed by atoms with E-state index in [1.165, 1.54) is 12.3 Å². The number of pyridine rings is 1. The van der Waals surface area contributed by atoms with Gasteiger partial charge in [-0.15, -0.1) is 0 Å². The Morgan fingerprint density at radius 2 is 2.17 bits per heavy atom. The zero-order valence-electron chi connectivity index (χ0n) is 16.5. The van der Waals surface area contributed by atoms with E-state index in [2.05, 4.69) is 25.8 Å². The summed E-state index contributed by atoms with van der Waals surface area (Å²) in [7, 11) is 0. The third kappa shape index (κ3) is 3.88. The predicted molar refractivity (Wildman–Crippen MR) is 119 cm³/mol. The van der Waals surface area contributed by atoms with Gasteiger partial charge >= 0.3 is 0 Å². The molecule has 0 bridgehead atoms. The first-order valence-electron chi connectivity index (χ1n) is 9.84. The molecular weight excluding hydrogens is 493 g/mol. The van der Waals surface area contributed by atoms with Crippen LogP contribution >= 0.6 is 27.5 Å². The van der Waals surface area contributed by atoms with Gasteiger partial charge in [-0.05, 0) is 51.8 Å². The van der Waals surface area contributed by atoms with Gasteiger partial charge in [-0.25, -0.2) is 4.39 Å². The van der Waals surface area contributed by atoms with Gasteiger partial charge in [0, 0.05) is 36.7 Å². The van der Waals surface area contributed by atoms with Crippen LogP contribution in [0.1, 0.15) is 19.0 Å². The van der Waals surface area contributed by atoms with Gasteiger partial charge < -0.3 is 14.4 Å². The highest BCUT2D eigenvalue weighted by atomic mass is 79.9. The Hall–Kier alpha value is -1.19. The Morgan fingerprint density at radius 1 is 1.43 bits per heavy atom. The van der Waals surface area contributed by atoms with E-state index in [1.54, 1.807) is 23.1 Å². The number of halogens is 3. The highest BCUT2D eigenvalue weighted by Gasteiger charge is 2.55. The number of rotatable bonds is 5. The number of likely N-dealkylation sites (tertiary alicyclic amines) is 2. The zero-order valence-corrected chi connectivity index (χ0v) is 19.6. The zero-order chi connectivity index (χ0) is 21.5. The van der Waals surface area contributed by atoms with Crippen LogP contribution in [-0.4, -0.2) is 63.2 Å².